The van der Waals surface area contributed by atoms with Crippen LogP contribution in [0.2, 0.25) is 0 Å². The molecule has 0 fully saturated rings. The molecule has 6 heteroatoms. The van der Waals surface area contributed by atoms with Crippen LogP contribution in [0.25, 0.3) is 0 Å². The molecule has 0 aliphatic carbocycles. The second-order valence-corrected chi connectivity index (χ2v) is 6.12. The minimum atomic E-state index is -1.48. The second-order valence-electron chi connectivity index (χ2n) is 6.12. The summed E-state index contributed by atoms with van der Waals surface area (Å²) in [6, 6.07) is 10.4. The third kappa shape index (κ3) is 3.18. The van der Waals surface area contributed by atoms with Crippen molar-refractivity contribution in [2.45, 2.75) is 38.6 Å². The van der Waals surface area contributed by atoms with E-state index in [1.165, 1.54) is 0 Å². The van der Waals surface area contributed by atoms with E-state index >= 15 is 0 Å². The summed E-state index contributed by atoms with van der Waals surface area (Å²) in [4.78, 5) is 24.6. The van der Waals surface area contributed by atoms with Crippen LogP contribution in [-0.2, 0) is 17.4 Å². The molecule has 2 rings (SSSR count). The molecule has 0 saturated carbocycles. The molecule has 0 aliphatic heterocycles. The van der Waals surface area contributed by atoms with Crippen LogP contribution in [0, 0.1) is 0 Å². The molecule has 1 aromatic heterocycles. The molecule has 0 saturated heterocycles. The van der Waals surface area contributed by atoms with Gasteiger partial charge in [-0.05, 0) is 24.0 Å². The fourth-order valence-electron chi connectivity index (χ4n) is 2.81. The summed E-state index contributed by atoms with van der Waals surface area (Å²) in [5.74, 6) is -1.37. The average Bonchev–Trinajstić information content (AvgIpc) is 2.95. The molecule has 128 valence electrons. The molecular formula is C18H23N3O3. The van der Waals surface area contributed by atoms with Crippen molar-refractivity contribution in [3.05, 3.63) is 53.3 Å². The molecule has 1 aromatic carbocycles. The summed E-state index contributed by atoms with van der Waals surface area (Å²) in [6.07, 6.45) is 0.224. The van der Waals surface area contributed by atoms with Gasteiger partial charge in [-0.15, -0.1) is 0 Å². The van der Waals surface area contributed by atoms with E-state index in [-0.39, 0.29) is 18.0 Å². The molecule has 1 heterocycles. The molecule has 2 N–H and O–H groups in total. The number of carbonyl (C=O) groups excluding carboxylic acids is 1. The van der Waals surface area contributed by atoms with E-state index in [9.17, 15) is 14.7 Å². The predicted molar refractivity (Wildman–Crippen MR) is 90.8 cm³/mol. The Morgan fingerprint density at radius 2 is 1.92 bits per heavy atom. The number of aryl methyl sites for hydroxylation is 1. The summed E-state index contributed by atoms with van der Waals surface area (Å²) >= 11 is 0. The van der Waals surface area contributed by atoms with Gasteiger partial charge in [-0.3, -0.25) is 9.48 Å². The Labute approximate surface area is 141 Å². The highest BCUT2D eigenvalue weighted by Crippen LogP contribution is 2.26. The van der Waals surface area contributed by atoms with Gasteiger partial charge in [0, 0.05) is 12.7 Å². The molecule has 0 radical (unpaired) electrons. The number of rotatable bonds is 6. The van der Waals surface area contributed by atoms with Crippen molar-refractivity contribution in [2.24, 2.45) is 7.05 Å². The van der Waals surface area contributed by atoms with E-state index in [2.05, 4.69) is 10.4 Å². The van der Waals surface area contributed by atoms with Crippen molar-refractivity contribution in [1.29, 1.82) is 0 Å². The summed E-state index contributed by atoms with van der Waals surface area (Å²) < 4.78 is 1.65. The number of carboxylic acid groups (broad SMARTS) is 1. The Morgan fingerprint density at radius 3 is 2.38 bits per heavy atom. The summed E-state index contributed by atoms with van der Waals surface area (Å²) in [7, 11) is 1.77. The van der Waals surface area contributed by atoms with Gasteiger partial charge in [0.05, 0.1) is 0 Å². The summed E-state index contributed by atoms with van der Waals surface area (Å²) in [5.41, 5.74) is 0.190. The summed E-state index contributed by atoms with van der Waals surface area (Å²) in [6.45, 7) is 5.76. The van der Waals surface area contributed by atoms with Gasteiger partial charge >= 0.3 is 5.97 Å². The minimum absolute atomic E-state index is 0.216. The Kier molecular flexibility index (Phi) is 5.07. The van der Waals surface area contributed by atoms with Crippen LogP contribution in [0.4, 0.5) is 0 Å². The Morgan fingerprint density at radius 1 is 1.29 bits per heavy atom. The molecule has 0 spiro atoms. The maximum atomic E-state index is 12.6. The van der Waals surface area contributed by atoms with Gasteiger partial charge in [0.2, 0.25) is 0 Å². The van der Waals surface area contributed by atoms with Crippen molar-refractivity contribution in [1.82, 2.24) is 15.1 Å². The number of carboxylic acids is 1. The lowest BCUT2D eigenvalue weighted by atomic mass is 9.87. The molecule has 1 unspecified atom stereocenters. The lowest BCUT2D eigenvalue weighted by molar-refractivity contribution is -0.145. The zero-order valence-electron chi connectivity index (χ0n) is 14.4. The van der Waals surface area contributed by atoms with Crippen LogP contribution >= 0.6 is 0 Å². The van der Waals surface area contributed by atoms with Gasteiger partial charge in [0.25, 0.3) is 5.91 Å². The van der Waals surface area contributed by atoms with Gasteiger partial charge in [0.15, 0.2) is 5.54 Å². The first-order valence-electron chi connectivity index (χ1n) is 7.97. The van der Waals surface area contributed by atoms with E-state index in [0.717, 1.165) is 5.69 Å². The van der Waals surface area contributed by atoms with E-state index in [4.69, 9.17) is 0 Å². The normalized spacial score (nSPS) is 13.5. The van der Waals surface area contributed by atoms with E-state index in [0.29, 0.717) is 5.56 Å². The van der Waals surface area contributed by atoms with Crippen LogP contribution in [-0.4, -0.2) is 26.8 Å². The molecule has 1 atom stereocenters. The van der Waals surface area contributed by atoms with Crippen LogP contribution in [0.5, 0.6) is 0 Å². The molecule has 1 amide bonds. The fraction of sp³-hybridized carbons (Fsp3) is 0.389. The monoisotopic (exact) mass is 329 g/mol. The lowest BCUT2D eigenvalue weighted by Gasteiger charge is -2.29. The quantitative estimate of drug-likeness (QED) is 0.853. The number of hydrogen-bond donors (Lipinski definition) is 2. The number of amides is 1. The maximum Gasteiger partial charge on any atom is 0.334 e. The molecule has 0 bridgehead atoms. The number of hydrogen-bond acceptors (Lipinski definition) is 3. The van der Waals surface area contributed by atoms with E-state index in [1.807, 2.05) is 13.8 Å². The molecular weight excluding hydrogens is 306 g/mol. The zero-order valence-corrected chi connectivity index (χ0v) is 14.4. The second kappa shape index (κ2) is 6.86. The number of benzene rings is 1. The topological polar surface area (TPSA) is 84.2 Å². The van der Waals surface area contributed by atoms with Crippen molar-refractivity contribution in [3.63, 3.8) is 0 Å². The average molecular weight is 329 g/mol. The van der Waals surface area contributed by atoms with Gasteiger partial charge in [-0.1, -0.05) is 51.1 Å². The number of carbonyl (C=O) groups is 2. The minimum Gasteiger partial charge on any atom is -0.479 e. The Hall–Kier alpha value is -2.63. The van der Waals surface area contributed by atoms with Crippen LogP contribution in [0.15, 0.2) is 36.4 Å². The molecule has 0 aliphatic rings. The Bertz CT molecular complexity index is 737. The van der Waals surface area contributed by atoms with Crippen molar-refractivity contribution < 1.29 is 14.7 Å². The fourth-order valence-corrected chi connectivity index (χ4v) is 2.81. The van der Waals surface area contributed by atoms with Crippen LogP contribution in [0.3, 0.4) is 0 Å². The van der Waals surface area contributed by atoms with Gasteiger partial charge < -0.3 is 10.4 Å². The largest absolute Gasteiger partial charge is 0.479 e. The van der Waals surface area contributed by atoms with E-state index < -0.39 is 17.4 Å². The molecule has 2 aromatic rings. The molecule has 24 heavy (non-hydrogen) atoms. The van der Waals surface area contributed by atoms with E-state index in [1.54, 1.807) is 55.1 Å². The first-order valence-corrected chi connectivity index (χ1v) is 7.97. The third-order valence-electron chi connectivity index (χ3n) is 4.23. The van der Waals surface area contributed by atoms with Crippen LogP contribution in [0.1, 0.15) is 54.9 Å². The molecule has 6 nitrogen and oxygen atoms in total. The highest BCUT2D eigenvalue weighted by Gasteiger charge is 2.40. The van der Waals surface area contributed by atoms with Crippen LogP contribution < -0.4 is 5.32 Å². The van der Waals surface area contributed by atoms with Crippen molar-refractivity contribution in [3.8, 4) is 0 Å². The summed E-state index contributed by atoms with van der Waals surface area (Å²) in [5, 5.41) is 16.7. The first kappa shape index (κ1) is 17.7. The Balaban J connectivity index is 2.39. The standard InChI is InChI=1S/C18H23N3O3/c1-5-18(17(23)24,13-9-7-6-8-10-13)19-16(22)14-11-15(12(2)3)21(4)20-14/h6-12H,5H2,1-4H3,(H,19,22)(H,23,24). The highest BCUT2D eigenvalue weighted by molar-refractivity contribution is 5.97. The SMILES string of the molecule is CCC(NC(=O)c1cc(C(C)C)n(C)n1)(C(=O)O)c1ccccc1. The number of aromatic nitrogens is 2. The van der Waals surface area contributed by atoms with Crippen molar-refractivity contribution >= 4 is 11.9 Å². The lowest BCUT2D eigenvalue weighted by Crippen LogP contribution is -2.51. The number of nitrogens with zero attached hydrogens (tertiary/aromatic N) is 2. The highest BCUT2D eigenvalue weighted by atomic mass is 16.4. The van der Waals surface area contributed by atoms with Gasteiger partial charge in [-0.2, -0.15) is 5.10 Å². The smallest absolute Gasteiger partial charge is 0.334 e. The third-order valence-corrected chi connectivity index (χ3v) is 4.23. The zero-order chi connectivity index (χ0) is 17.9. The first-order chi connectivity index (χ1) is 11.3. The van der Waals surface area contributed by atoms with Gasteiger partial charge in [-0.25, -0.2) is 4.79 Å². The maximum absolute atomic E-state index is 12.6. The van der Waals surface area contributed by atoms with Gasteiger partial charge in [0.1, 0.15) is 5.69 Å². The van der Waals surface area contributed by atoms with Crippen molar-refractivity contribution in [2.75, 3.05) is 0 Å². The number of nitrogens with one attached hydrogen (secondary N) is 1. The number of aliphatic carboxylic acids is 1. The predicted octanol–water partition coefficient (Wildman–Crippen LogP) is 2.66.